The van der Waals surface area contributed by atoms with E-state index in [1.807, 2.05) is 30.0 Å². The van der Waals surface area contributed by atoms with Crippen LogP contribution in [0.15, 0.2) is 18.2 Å². The number of carbonyl (C=O) groups is 2. The zero-order valence-corrected chi connectivity index (χ0v) is 14.5. The van der Waals surface area contributed by atoms with E-state index in [4.69, 9.17) is 15.2 Å². The molecule has 2 heterocycles. The van der Waals surface area contributed by atoms with Gasteiger partial charge in [-0.05, 0) is 44.0 Å². The lowest BCUT2D eigenvalue weighted by molar-refractivity contribution is -0.128. The fourth-order valence-corrected chi connectivity index (χ4v) is 3.39. The van der Waals surface area contributed by atoms with Gasteiger partial charge in [0.15, 0.2) is 11.5 Å². The van der Waals surface area contributed by atoms with Gasteiger partial charge in [-0.1, -0.05) is 12.5 Å². The molecular formula is C18H25N3O4. The Hall–Kier alpha value is -2.28. The molecule has 2 aliphatic heterocycles. The van der Waals surface area contributed by atoms with Crippen molar-refractivity contribution in [2.24, 2.45) is 5.73 Å². The van der Waals surface area contributed by atoms with E-state index in [2.05, 4.69) is 5.32 Å². The standard InChI is InChI=1S/C18H25N3O4/c1-12(13-5-6-15-16(10-13)25-9-8-24-15)20-17(22)11-21-7-3-2-4-14(21)18(19)23/h5-6,10,12,14H,2-4,7-9,11H2,1H3,(H2,19,23)(H,20,22)/t12-,14+/m1/s1. The number of hydrogen-bond donors (Lipinski definition) is 2. The third kappa shape index (κ3) is 4.22. The van der Waals surface area contributed by atoms with Crippen LogP contribution in [0.4, 0.5) is 0 Å². The Morgan fingerprint density at radius 3 is 2.80 bits per heavy atom. The molecule has 0 radical (unpaired) electrons. The highest BCUT2D eigenvalue weighted by Gasteiger charge is 2.28. The lowest BCUT2D eigenvalue weighted by Gasteiger charge is -2.33. The van der Waals surface area contributed by atoms with Gasteiger partial charge in [-0.3, -0.25) is 14.5 Å². The van der Waals surface area contributed by atoms with Crippen LogP contribution in [0.2, 0.25) is 0 Å². The number of nitrogens with one attached hydrogen (secondary N) is 1. The second kappa shape index (κ2) is 7.74. The summed E-state index contributed by atoms with van der Waals surface area (Å²) in [6.07, 6.45) is 2.68. The molecule has 0 spiro atoms. The molecule has 0 aliphatic carbocycles. The summed E-state index contributed by atoms with van der Waals surface area (Å²) in [4.78, 5) is 25.8. The highest BCUT2D eigenvalue weighted by atomic mass is 16.6. The van der Waals surface area contributed by atoms with Crippen LogP contribution in [0.3, 0.4) is 0 Å². The number of hydrogen-bond acceptors (Lipinski definition) is 5. The summed E-state index contributed by atoms with van der Waals surface area (Å²) in [5.41, 5.74) is 6.40. The second-order valence-electron chi connectivity index (χ2n) is 6.58. The van der Waals surface area contributed by atoms with Crippen LogP contribution in [-0.4, -0.2) is 49.1 Å². The fraction of sp³-hybridized carbons (Fsp3) is 0.556. The van der Waals surface area contributed by atoms with Crippen LogP contribution in [-0.2, 0) is 9.59 Å². The summed E-state index contributed by atoms with van der Waals surface area (Å²) < 4.78 is 11.1. The van der Waals surface area contributed by atoms with Gasteiger partial charge in [-0.2, -0.15) is 0 Å². The smallest absolute Gasteiger partial charge is 0.234 e. The number of rotatable bonds is 5. The number of carbonyl (C=O) groups excluding carboxylic acids is 2. The van der Waals surface area contributed by atoms with Gasteiger partial charge in [0.05, 0.1) is 18.6 Å². The van der Waals surface area contributed by atoms with E-state index in [1.54, 1.807) is 0 Å². The van der Waals surface area contributed by atoms with Gasteiger partial charge in [-0.25, -0.2) is 0 Å². The molecule has 25 heavy (non-hydrogen) atoms. The Balaban J connectivity index is 1.59. The maximum atomic E-state index is 12.4. The fourth-order valence-electron chi connectivity index (χ4n) is 3.39. The number of nitrogens with two attached hydrogens (primary N) is 1. The molecule has 0 aromatic heterocycles. The molecule has 136 valence electrons. The molecule has 2 amide bonds. The SMILES string of the molecule is C[C@@H](NC(=O)CN1CCCC[C@H]1C(N)=O)c1ccc2c(c1)OCCO2. The minimum Gasteiger partial charge on any atom is -0.486 e. The van der Waals surface area contributed by atoms with Gasteiger partial charge >= 0.3 is 0 Å². The molecule has 7 nitrogen and oxygen atoms in total. The largest absolute Gasteiger partial charge is 0.486 e. The van der Waals surface area contributed by atoms with Crippen LogP contribution in [0.5, 0.6) is 11.5 Å². The minimum atomic E-state index is -0.354. The predicted octanol–water partition coefficient (Wildman–Crippen LogP) is 0.975. The van der Waals surface area contributed by atoms with Crippen molar-refractivity contribution in [2.45, 2.75) is 38.3 Å². The predicted molar refractivity (Wildman–Crippen MR) is 92.4 cm³/mol. The molecule has 2 aliphatic rings. The normalized spacial score (nSPS) is 21.4. The summed E-state index contributed by atoms with van der Waals surface area (Å²) in [5.74, 6) is 0.962. The number of amides is 2. The Bertz CT molecular complexity index is 649. The van der Waals surface area contributed by atoms with Gasteiger partial charge in [0.1, 0.15) is 13.2 Å². The van der Waals surface area contributed by atoms with Crippen LogP contribution in [0.25, 0.3) is 0 Å². The lowest BCUT2D eigenvalue weighted by atomic mass is 10.0. The van der Waals surface area contributed by atoms with Gasteiger partial charge in [0, 0.05) is 0 Å². The molecule has 3 N–H and O–H groups in total. The molecule has 1 aromatic carbocycles. The highest BCUT2D eigenvalue weighted by molar-refractivity contribution is 5.82. The van der Waals surface area contributed by atoms with E-state index in [1.165, 1.54) is 0 Å². The minimum absolute atomic E-state index is 0.115. The monoisotopic (exact) mass is 347 g/mol. The van der Waals surface area contributed by atoms with Crippen LogP contribution >= 0.6 is 0 Å². The van der Waals surface area contributed by atoms with Gasteiger partial charge < -0.3 is 20.5 Å². The van der Waals surface area contributed by atoms with E-state index < -0.39 is 0 Å². The first-order valence-corrected chi connectivity index (χ1v) is 8.77. The van der Waals surface area contributed by atoms with E-state index >= 15 is 0 Å². The molecule has 1 fully saturated rings. The second-order valence-corrected chi connectivity index (χ2v) is 6.58. The molecule has 3 rings (SSSR count). The maximum Gasteiger partial charge on any atom is 0.234 e. The van der Waals surface area contributed by atoms with Crippen molar-refractivity contribution in [1.82, 2.24) is 10.2 Å². The van der Waals surface area contributed by atoms with E-state index in [-0.39, 0.29) is 30.4 Å². The number of primary amides is 1. The van der Waals surface area contributed by atoms with Crippen LogP contribution in [0.1, 0.15) is 37.8 Å². The molecular weight excluding hydrogens is 322 g/mol. The summed E-state index contributed by atoms with van der Waals surface area (Å²) in [6.45, 7) is 3.91. The average molecular weight is 347 g/mol. The molecule has 7 heteroatoms. The third-order valence-electron chi connectivity index (χ3n) is 4.73. The van der Waals surface area contributed by atoms with Crippen LogP contribution < -0.4 is 20.5 Å². The Labute approximate surface area is 147 Å². The Kier molecular flexibility index (Phi) is 5.43. The summed E-state index contributed by atoms with van der Waals surface area (Å²) in [5, 5.41) is 2.98. The van der Waals surface area contributed by atoms with E-state index in [0.29, 0.717) is 19.0 Å². The summed E-state index contributed by atoms with van der Waals surface area (Å²) in [6, 6.07) is 5.17. The first-order valence-electron chi connectivity index (χ1n) is 8.77. The quantitative estimate of drug-likeness (QED) is 0.828. The van der Waals surface area contributed by atoms with E-state index in [9.17, 15) is 9.59 Å². The third-order valence-corrected chi connectivity index (χ3v) is 4.73. The highest BCUT2D eigenvalue weighted by Crippen LogP contribution is 2.32. The van der Waals surface area contributed by atoms with Crippen molar-refractivity contribution >= 4 is 11.8 Å². The first kappa shape index (κ1) is 17.5. The van der Waals surface area contributed by atoms with Crippen molar-refractivity contribution in [3.8, 4) is 11.5 Å². The van der Waals surface area contributed by atoms with Crippen molar-refractivity contribution in [3.05, 3.63) is 23.8 Å². The Morgan fingerprint density at radius 1 is 1.28 bits per heavy atom. The number of likely N-dealkylation sites (tertiary alicyclic amines) is 1. The van der Waals surface area contributed by atoms with Crippen molar-refractivity contribution in [1.29, 1.82) is 0 Å². The molecule has 0 unspecified atom stereocenters. The zero-order valence-electron chi connectivity index (χ0n) is 14.5. The number of fused-ring (bicyclic) bond motifs is 1. The van der Waals surface area contributed by atoms with Crippen molar-refractivity contribution in [2.75, 3.05) is 26.3 Å². The number of benzene rings is 1. The molecule has 1 aromatic rings. The zero-order chi connectivity index (χ0) is 17.8. The summed E-state index contributed by atoms with van der Waals surface area (Å²) >= 11 is 0. The number of nitrogens with zero attached hydrogens (tertiary/aromatic N) is 1. The summed E-state index contributed by atoms with van der Waals surface area (Å²) in [7, 11) is 0. The van der Waals surface area contributed by atoms with E-state index in [0.717, 1.165) is 37.1 Å². The van der Waals surface area contributed by atoms with Gasteiger partial charge in [-0.15, -0.1) is 0 Å². The van der Waals surface area contributed by atoms with Crippen molar-refractivity contribution in [3.63, 3.8) is 0 Å². The van der Waals surface area contributed by atoms with Crippen LogP contribution in [0, 0.1) is 0 Å². The van der Waals surface area contributed by atoms with Gasteiger partial charge in [0.25, 0.3) is 0 Å². The molecule has 0 saturated carbocycles. The Morgan fingerprint density at radius 2 is 2.04 bits per heavy atom. The van der Waals surface area contributed by atoms with Gasteiger partial charge in [0.2, 0.25) is 11.8 Å². The first-order chi connectivity index (χ1) is 12.0. The molecule has 0 bridgehead atoms. The number of ether oxygens (including phenoxy) is 2. The topological polar surface area (TPSA) is 93.9 Å². The molecule has 2 atom stereocenters. The van der Waals surface area contributed by atoms with Crippen molar-refractivity contribution < 1.29 is 19.1 Å². The average Bonchev–Trinajstić information content (AvgIpc) is 2.61. The lowest BCUT2D eigenvalue weighted by Crippen LogP contribution is -2.51. The number of piperidine rings is 1. The molecule has 1 saturated heterocycles. The maximum absolute atomic E-state index is 12.4.